The van der Waals surface area contributed by atoms with Gasteiger partial charge in [-0.1, -0.05) is 54.2 Å². The average molecular weight is 199 g/mol. The van der Waals surface area contributed by atoms with Crippen LogP contribution in [0, 0.1) is 0 Å². The molecule has 15 heavy (non-hydrogen) atoms. The first-order valence-electron chi connectivity index (χ1n) is 5.08. The lowest BCUT2D eigenvalue weighted by molar-refractivity contribution is 1.26. The number of nitrogens with two attached hydrogens (primary N) is 1. The van der Waals surface area contributed by atoms with Crippen molar-refractivity contribution < 1.29 is 0 Å². The van der Waals surface area contributed by atoms with Gasteiger partial charge in [-0.3, -0.25) is 0 Å². The summed E-state index contributed by atoms with van der Waals surface area (Å²) in [6.45, 7) is 2.05. The van der Waals surface area contributed by atoms with Crippen LogP contribution in [0.1, 0.15) is 13.3 Å². The van der Waals surface area contributed by atoms with Crippen molar-refractivity contribution in [3.8, 4) is 0 Å². The second-order valence-electron chi connectivity index (χ2n) is 3.39. The Kier molecular flexibility index (Phi) is 5.02. The van der Waals surface area contributed by atoms with Crippen LogP contribution in [0.3, 0.4) is 0 Å². The lowest BCUT2D eigenvalue weighted by Gasteiger charge is -1.98. The van der Waals surface area contributed by atoms with Gasteiger partial charge in [0.1, 0.15) is 0 Å². The molecule has 1 aliphatic carbocycles. The van der Waals surface area contributed by atoms with Gasteiger partial charge in [-0.25, -0.2) is 0 Å². The zero-order valence-corrected chi connectivity index (χ0v) is 9.06. The molecule has 1 nitrogen and oxygen atoms in total. The number of hydrogen-bond acceptors (Lipinski definition) is 1. The van der Waals surface area contributed by atoms with Crippen molar-refractivity contribution in [1.82, 2.24) is 0 Å². The molecule has 0 aromatic heterocycles. The van der Waals surface area contributed by atoms with Gasteiger partial charge in [0, 0.05) is 0 Å². The maximum Gasteiger partial charge on any atom is -0.00623 e. The molecule has 0 aromatic carbocycles. The van der Waals surface area contributed by atoms with Gasteiger partial charge in [-0.2, -0.15) is 0 Å². The van der Waals surface area contributed by atoms with Gasteiger partial charge >= 0.3 is 0 Å². The Morgan fingerprint density at radius 3 is 2.87 bits per heavy atom. The predicted molar refractivity (Wildman–Crippen MR) is 67.2 cm³/mol. The molecule has 1 rings (SSSR count). The molecule has 0 bridgehead atoms. The van der Waals surface area contributed by atoms with Crippen molar-refractivity contribution in [3.63, 3.8) is 0 Å². The first-order valence-corrected chi connectivity index (χ1v) is 5.08. The molecule has 0 fully saturated rings. The summed E-state index contributed by atoms with van der Waals surface area (Å²) in [5.41, 5.74) is 7.76. The molecular formula is C14H17N. The van der Waals surface area contributed by atoms with Crippen LogP contribution in [0.5, 0.6) is 0 Å². The molecule has 0 saturated carbocycles. The third-order valence-electron chi connectivity index (χ3n) is 2.05. The van der Waals surface area contributed by atoms with Gasteiger partial charge in [-0.05, 0) is 31.2 Å². The van der Waals surface area contributed by atoms with E-state index in [-0.39, 0.29) is 0 Å². The topological polar surface area (TPSA) is 26.0 Å². The molecule has 1 aliphatic rings. The Morgan fingerprint density at radius 2 is 2.20 bits per heavy atom. The van der Waals surface area contributed by atoms with Crippen LogP contribution in [0.2, 0.25) is 0 Å². The summed E-state index contributed by atoms with van der Waals surface area (Å²) in [5.74, 6) is 0. The molecule has 0 aromatic rings. The van der Waals surface area contributed by atoms with E-state index in [0.29, 0.717) is 0 Å². The second kappa shape index (κ2) is 6.66. The second-order valence-corrected chi connectivity index (χ2v) is 3.39. The van der Waals surface area contributed by atoms with Crippen LogP contribution in [0.15, 0.2) is 72.0 Å². The van der Waals surface area contributed by atoms with Crippen LogP contribution < -0.4 is 5.73 Å². The maximum absolute atomic E-state index is 5.24. The summed E-state index contributed by atoms with van der Waals surface area (Å²) in [6.07, 6.45) is 21.0. The Morgan fingerprint density at radius 1 is 1.33 bits per heavy atom. The first kappa shape index (κ1) is 11.3. The van der Waals surface area contributed by atoms with Gasteiger partial charge in [-0.15, -0.1) is 0 Å². The lowest BCUT2D eigenvalue weighted by Crippen LogP contribution is -1.78. The van der Waals surface area contributed by atoms with Crippen LogP contribution in [0.4, 0.5) is 0 Å². The molecule has 0 atom stereocenters. The average Bonchev–Trinajstić information content (AvgIpc) is 2.28. The highest BCUT2D eigenvalue weighted by atomic mass is 14.5. The molecule has 0 unspecified atom stereocenters. The third kappa shape index (κ3) is 4.87. The van der Waals surface area contributed by atoms with Gasteiger partial charge in [0.2, 0.25) is 0 Å². The van der Waals surface area contributed by atoms with Crippen molar-refractivity contribution >= 4 is 0 Å². The van der Waals surface area contributed by atoms with E-state index in [1.54, 1.807) is 0 Å². The smallest absolute Gasteiger partial charge is 0.00623 e. The zero-order valence-electron chi connectivity index (χ0n) is 9.06. The first-order chi connectivity index (χ1) is 7.33. The summed E-state index contributed by atoms with van der Waals surface area (Å²) in [7, 11) is 0. The minimum atomic E-state index is 1.02. The summed E-state index contributed by atoms with van der Waals surface area (Å²) < 4.78 is 0. The fourth-order valence-corrected chi connectivity index (χ4v) is 1.24. The molecule has 0 amide bonds. The fourth-order valence-electron chi connectivity index (χ4n) is 1.24. The number of rotatable bonds is 3. The van der Waals surface area contributed by atoms with E-state index in [2.05, 4.69) is 42.5 Å². The highest BCUT2D eigenvalue weighted by molar-refractivity contribution is 5.34. The van der Waals surface area contributed by atoms with Crippen LogP contribution in [-0.4, -0.2) is 0 Å². The maximum atomic E-state index is 5.24. The highest BCUT2D eigenvalue weighted by Gasteiger charge is 1.89. The highest BCUT2D eigenvalue weighted by Crippen LogP contribution is 2.10. The van der Waals surface area contributed by atoms with Crippen molar-refractivity contribution in [3.05, 3.63) is 72.0 Å². The van der Waals surface area contributed by atoms with Crippen LogP contribution in [-0.2, 0) is 0 Å². The van der Waals surface area contributed by atoms with E-state index in [9.17, 15) is 0 Å². The Labute approximate surface area is 91.7 Å². The van der Waals surface area contributed by atoms with E-state index in [0.717, 1.165) is 6.42 Å². The Bertz CT molecular complexity index is 363. The summed E-state index contributed by atoms with van der Waals surface area (Å²) in [6, 6.07) is 0. The van der Waals surface area contributed by atoms with E-state index in [4.69, 9.17) is 5.73 Å². The predicted octanol–water partition coefficient (Wildman–Crippen LogP) is 3.40. The molecule has 0 saturated heterocycles. The SMILES string of the molecule is CC(/C=C/C=C1/C=CC=CC1)=C\C=C\N. The normalized spacial score (nSPS) is 19.8. The Balaban J connectivity index is 2.52. The van der Waals surface area contributed by atoms with Gasteiger partial charge in [0.25, 0.3) is 0 Å². The van der Waals surface area contributed by atoms with Crippen LogP contribution >= 0.6 is 0 Å². The molecule has 0 radical (unpaired) electrons. The molecule has 78 valence electrons. The van der Waals surface area contributed by atoms with E-state index >= 15 is 0 Å². The summed E-state index contributed by atoms with van der Waals surface area (Å²) >= 11 is 0. The fraction of sp³-hybridized carbons (Fsp3) is 0.143. The van der Waals surface area contributed by atoms with E-state index in [1.807, 2.05) is 19.1 Å². The van der Waals surface area contributed by atoms with Crippen molar-refractivity contribution in [2.75, 3.05) is 0 Å². The quantitative estimate of drug-likeness (QED) is 0.693. The van der Waals surface area contributed by atoms with Crippen LogP contribution in [0.25, 0.3) is 0 Å². The molecule has 0 spiro atoms. The van der Waals surface area contributed by atoms with Crippen molar-refractivity contribution in [2.24, 2.45) is 5.73 Å². The van der Waals surface area contributed by atoms with E-state index in [1.165, 1.54) is 17.3 Å². The molecule has 0 aliphatic heterocycles. The van der Waals surface area contributed by atoms with Gasteiger partial charge < -0.3 is 5.73 Å². The summed E-state index contributed by atoms with van der Waals surface area (Å²) in [4.78, 5) is 0. The molecule has 2 N–H and O–H groups in total. The number of allylic oxidation sites excluding steroid dienone is 11. The standard InChI is InChI=1S/C14H17N/c1-13(8-6-12-15)7-5-11-14-9-3-2-4-10-14/h2-9,11-12H,10,15H2,1H3/b7-5+,12-6+,13-8+,14-11-. The van der Waals surface area contributed by atoms with Crippen molar-refractivity contribution in [1.29, 1.82) is 0 Å². The third-order valence-corrected chi connectivity index (χ3v) is 2.05. The lowest BCUT2D eigenvalue weighted by atomic mass is 10.1. The number of hydrogen-bond donors (Lipinski definition) is 1. The zero-order chi connectivity index (χ0) is 10.9. The minimum absolute atomic E-state index is 1.02. The molecule has 1 heteroatoms. The molecular weight excluding hydrogens is 182 g/mol. The van der Waals surface area contributed by atoms with Gasteiger partial charge in [0.15, 0.2) is 0 Å². The van der Waals surface area contributed by atoms with Crippen molar-refractivity contribution in [2.45, 2.75) is 13.3 Å². The van der Waals surface area contributed by atoms with E-state index < -0.39 is 0 Å². The summed E-state index contributed by atoms with van der Waals surface area (Å²) in [5, 5.41) is 0. The minimum Gasteiger partial charge on any atom is -0.405 e. The largest absolute Gasteiger partial charge is 0.405 e. The van der Waals surface area contributed by atoms with Gasteiger partial charge in [0.05, 0.1) is 0 Å². The molecule has 0 heterocycles. The Hall–Kier alpha value is -1.76. The monoisotopic (exact) mass is 199 g/mol.